The van der Waals surface area contributed by atoms with Gasteiger partial charge in [0.2, 0.25) is 0 Å². The molecule has 1 N–H and O–H groups in total. The summed E-state index contributed by atoms with van der Waals surface area (Å²) in [7, 11) is 1.42. The first-order chi connectivity index (χ1) is 7.19. The first kappa shape index (κ1) is 12.0. The summed E-state index contributed by atoms with van der Waals surface area (Å²) in [5.74, 6) is -0.216. The zero-order chi connectivity index (χ0) is 11.3. The summed E-state index contributed by atoms with van der Waals surface area (Å²) in [5, 5.41) is 9.73. The lowest BCUT2D eigenvalue weighted by molar-refractivity contribution is 0.163. The minimum atomic E-state index is -0.578. The quantitative estimate of drug-likeness (QED) is 0.812. The van der Waals surface area contributed by atoms with Gasteiger partial charge >= 0.3 is 0 Å². The van der Waals surface area contributed by atoms with E-state index < -0.39 is 11.9 Å². The average molecular weight is 212 g/mol. The van der Waals surface area contributed by atoms with Gasteiger partial charge in [-0.2, -0.15) is 0 Å². The van der Waals surface area contributed by atoms with Crippen LogP contribution in [-0.2, 0) is 0 Å². The van der Waals surface area contributed by atoms with Crippen LogP contribution in [0.1, 0.15) is 37.9 Å². The van der Waals surface area contributed by atoms with Crippen molar-refractivity contribution in [3.63, 3.8) is 0 Å². The molecule has 0 aliphatic rings. The SMILES string of the molecule is CCCCC(O)c1ccc(OC)c(F)c1. The molecule has 1 unspecified atom stereocenters. The van der Waals surface area contributed by atoms with E-state index in [1.54, 1.807) is 12.1 Å². The Labute approximate surface area is 89.7 Å². The van der Waals surface area contributed by atoms with Gasteiger partial charge in [-0.1, -0.05) is 25.8 Å². The van der Waals surface area contributed by atoms with Crippen molar-refractivity contribution in [3.05, 3.63) is 29.6 Å². The third-order valence-electron chi connectivity index (χ3n) is 2.39. The number of unbranched alkanes of at least 4 members (excludes halogenated alkanes) is 1. The molecule has 0 saturated heterocycles. The van der Waals surface area contributed by atoms with Crippen LogP contribution >= 0.6 is 0 Å². The zero-order valence-electron chi connectivity index (χ0n) is 9.16. The van der Waals surface area contributed by atoms with Crippen LogP contribution in [0.3, 0.4) is 0 Å². The molecule has 0 aliphatic carbocycles. The summed E-state index contributed by atoms with van der Waals surface area (Å²) in [4.78, 5) is 0. The van der Waals surface area contributed by atoms with E-state index in [-0.39, 0.29) is 5.75 Å². The molecule has 15 heavy (non-hydrogen) atoms. The summed E-state index contributed by atoms with van der Waals surface area (Å²) < 4.78 is 18.1. The molecule has 0 amide bonds. The van der Waals surface area contributed by atoms with E-state index in [1.807, 2.05) is 0 Å². The normalized spacial score (nSPS) is 12.5. The number of halogens is 1. The van der Waals surface area contributed by atoms with Gasteiger partial charge in [0, 0.05) is 0 Å². The van der Waals surface area contributed by atoms with Gasteiger partial charge in [-0.05, 0) is 24.1 Å². The van der Waals surface area contributed by atoms with Crippen LogP contribution in [0.25, 0.3) is 0 Å². The Morgan fingerprint density at radius 3 is 2.73 bits per heavy atom. The smallest absolute Gasteiger partial charge is 0.165 e. The molecule has 1 aromatic carbocycles. The highest BCUT2D eigenvalue weighted by molar-refractivity contribution is 5.30. The van der Waals surface area contributed by atoms with Gasteiger partial charge in [0.1, 0.15) is 0 Å². The molecule has 1 aromatic rings. The third kappa shape index (κ3) is 3.20. The molecule has 0 spiro atoms. The van der Waals surface area contributed by atoms with E-state index in [0.717, 1.165) is 12.8 Å². The van der Waals surface area contributed by atoms with Crippen molar-refractivity contribution in [1.29, 1.82) is 0 Å². The van der Waals surface area contributed by atoms with Crippen molar-refractivity contribution in [2.75, 3.05) is 7.11 Å². The minimum absolute atomic E-state index is 0.210. The number of aliphatic hydroxyl groups is 1. The number of aliphatic hydroxyl groups excluding tert-OH is 1. The van der Waals surface area contributed by atoms with Gasteiger partial charge in [-0.3, -0.25) is 0 Å². The van der Waals surface area contributed by atoms with Crippen molar-refractivity contribution in [3.8, 4) is 5.75 Å². The molecule has 3 heteroatoms. The molecular formula is C12H17FO2. The van der Waals surface area contributed by atoms with E-state index in [2.05, 4.69) is 6.92 Å². The fourth-order valence-electron chi connectivity index (χ4n) is 1.45. The summed E-state index contributed by atoms with van der Waals surface area (Å²) in [6.07, 6.45) is 2.05. The van der Waals surface area contributed by atoms with Crippen LogP contribution in [-0.4, -0.2) is 12.2 Å². The highest BCUT2D eigenvalue weighted by Gasteiger charge is 2.10. The van der Waals surface area contributed by atoms with E-state index in [9.17, 15) is 9.50 Å². The Morgan fingerprint density at radius 1 is 1.47 bits per heavy atom. The molecule has 0 heterocycles. The Balaban J connectivity index is 2.73. The lowest BCUT2D eigenvalue weighted by atomic mass is 10.0. The van der Waals surface area contributed by atoms with Crippen LogP contribution in [0, 0.1) is 5.82 Å². The van der Waals surface area contributed by atoms with Crippen molar-refractivity contribution < 1.29 is 14.2 Å². The van der Waals surface area contributed by atoms with E-state index >= 15 is 0 Å². The average Bonchev–Trinajstić information content (AvgIpc) is 2.25. The van der Waals surface area contributed by atoms with Gasteiger partial charge in [-0.15, -0.1) is 0 Å². The summed E-state index contributed by atoms with van der Waals surface area (Å²) in [6.45, 7) is 2.06. The maximum absolute atomic E-state index is 13.3. The number of benzene rings is 1. The van der Waals surface area contributed by atoms with Crippen molar-refractivity contribution in [1.82, 2.24) is 0 Å². The molecular weight excluding hydrogens is 195 g/mol. The number of rotatable bonds is 5. The number of hydrogen-bond donors (Lipinski definition) is 1. The Bertz CT molecular complexity index is 312. The molecule has 84 valence electrons. The Hall–Kier alpha value is -1.09. The predicted octanol–water partition coefficient (Wildman–Crippen LogP) is 3.06. The maximum atomic E-state index is 13.3. The molecule has 0 aliphatic heterocycles. The van der Waals surface area contributed by atoms with E-state index in [0.29, 0.717) is 12.0 Å². The minimum Gasteiger partial charge on any atom is -0.494 e. The molecule has 2 nitrogen and oxygen atoms in total. The molecule has 1 atom stereocenters. The lowest BCUT2D eigenvalue weighted by Gasteiger charge is -2.11. The molecule has 0 fully saturated rings. The number of methoxy groups -OCH3 is 1. The van der Waals surface area contributed by atoms with Gasteiger partial charge in [0.15, 0.2) is 11.6 Å². The Morgan fingerprint density at radius 2 is 2.20 bits per heavy atom. The van der Waals surface area contributed by atoms with Gasteiger partial charge < -0.3 is 9.84 Å². The molecule has 0 aromatic heterocycles. The summed E-state index contributed by atoms with van der Waals surface area (Å²) >= 11 is 0. The largest absolute Gasteiger partial charge is 0.494 e. The summed E-state index contributed by atoms with van der Waals surface area (Å²) in [6, 6.07) is 4.57. The second kappa shape index (κ2) is 5.71. The fraction of sp³-hybridized carbons (Fsp3) is 0.500. The topological polar surface area (TPSA) is 29.5 Å². The molecule has 0 bridgehead atoms. The van der Waals surface area contributed by atoms with Gasteiger partial charge in [0.05, 0.1) is 13.2 Å². The van der Waals surface area contributed by atoms with Crippen LogP contribution < -0.4 is 4.74 Å². The third-order valence-corrected chi connectivity index (χ3v) is 2.39. The van der Waals surface area contributed by atoms with Crippen LogP contribution in [0.5, 0.6) is 5.75 Å². The first-order valence-corrected chi connectivity index (χ1v) is 5.20. The van der Waals surface area contributed by atoms with Crippen LogP contribution in [0.4, 0.5) is 4.39 Å². The monoisotopic (exact) mass is 212 g/mol. The second-order valence-electron chi connectivity index (χ2n) is 3.55. The van der Waals surface area contributed by atoms with E-state index in [1.165, 1.54) is 13.2 Å². The summed E-state index contributed by atoms with van der Waals surface area (Å²) in [5.41, 5.74) is 0.613. The van der Waals surface area contributed by atoms with Gasteiger partial charge in [-0.25, -0.2) is 4.39 Å². The van der Waals surface area contributed by atoms with Gasteiger partial charge in [0.25, 0.3) is 0 Å². The number of ether oxygens (including phenoxy) is 1. The molecule has 0 radical (unpaired) electrons. The van der Waals surface area contributed by atoms with Crippen molar-refractivity contribution >= 4 is 0 Å². The Kier molecular flexibility index (Phi) is 4.56. The van der Waals surface area contributed by atoms with Crippen molar-refractivity contribution in [2.24, 2.45) is 0 Å². The standard InChI is InChI=1S/C12H17FO2/c1-3-4-5-11(14)9-6-7-12(15-2)10(13)8-9/h6-8,11,14H,3-5H2,1-2H3. The number of hydrogen-bond acceptors (Lipinski definition) is 2. The second-order valence-corrected chi connectivity index (χ2v) is 3.55. The van der Waals surface area contributed by atoms with Crippen LogP contribution in [0.2, 0.25) is 0 Å². The predicted molar refractivity (Wildman–Crippen MR) is 57.4 cm³/mol. The molecule has 0 saturated carbocycles. The van der Waals surface area contributed by atoms with E-state index in [4.69, 9.17) is 4.74 Å². The highest BCUT2D eigenvalue weighted by atomic mass is 19.1. The molecule has 1 rings (SSSR count). The fourth-order valence-corrected chi connectivity index (χ4v) is 1.45. The zero-order valence-corrected chi connectivity index (χ0v) is 9.16. The first-order valence-electron chi connectivity index (χ1n) is 5.20. The van der Waals surface area contributed by atoms with Crippen molar-refractivity contribution in [2.45, 2.75) is 32.3 Å². The highest BCUT2D eigenvalue weighted by Crippen LogP contribution is 2.24. The lowest BCUT2D eigenvalue weighted by Crippen LogP contribution is -1.99. The van der Waals surface area contributed by atoms with Crippen LogP contribution in [0.15, 0.2) is 18.2 Å². The maximum Gasteiger partial charge on any atom is 0.165 e.